The van der Waals surface area contributed by atoms with E-state index in [4.69, 9.17) is 5.11 Å². The van der Waals surface area contributed by atoms with Crippen LogP contribution in [0.15, 0.2) is 24.3 Å². The molecule has 0 radical (unpaired) electrons. The molecule has 0 fully saturated rings. The predicted octanol–water partition coefficient (Wildman–Crippen LogP) is 6.18. The summed E-state index contributed by atoms with van der Waals surface area (Å²) < 4.78 is 0. The normalized spacial score (nSPS) is 11.9. The number of aliphatic hydroxyl groups is 1. The summed E-state index contributed by atoms with van der Waals surface area (Å²) in [4.78, 5) is 0. The van der Waals surface area contributed by atoms with Crippen LogP contribution < -0.4 is 0 Å². The SMILES string of the molecule is CCCCCCCCCCCCCC/C=C/C=C/CO. The van der Waals surface area contributed by atoms with Crippen LogP contribution >= 0.6 is 0 Å². The predicted molar refractivity (Wildman–Crippen MR) is 91.1 cm³/mol. The Balaban J connectivity index is 3.02. The Bertz CT molecular complexity index is 218. The number of aliphatic hydroxyl groups excluding tert-OH is 1. The number of hydrogen-bond donors (Lipinski definition) is 1. The molecule has 0 aromatic carbocycles. The molecule has 1 heteroatoms. The molecule has 1 nitrogen and oxygen atoms in total. The van der Waals surface area contributed by atoms with Crippen molar-refractivity contribution in [3.05, 3.63) is 24.3 Å². The maximum absolute atomic E-state index is 8.56. The van der Waals surface area contributed by atoms with E-state index in [1.54, 1.807) is 6.08 Å². The Kier molecular flexibility index (Phi) is 17.9. The molecule has 0 saturated heterocycles. The molecule has 0 spiro atoms. The first kappa shape index (κ1) is 19.4. The number of unbranched alkanes of at least 4 members (excludes halogenated alkanes) is 12. The van der Waals surface area contributed by atoms with Crippen molar-refractivity contribution in [2.75, 3.05) is 6.61 Å². The van der Waals surface area contributed by atoms with E-state index < -0.39 is 0 Å². The van der Waals surface area contributed by atoms with E-state index >= 15 is 0 Å². The topological polar surface area (TPSA) is 20.2 Å². The first-order valence-electron chi connectivity index (χ1n) is 8.84. The molecule has 0 aliphatic carbocycles. The largest absolute Gasteiger partial charge is 0.392 e. The summed E-state index contributed by atoms with van der Waals surface area (Å²) in [6.07, 6.45) is 26.0. The summed E-state index contributed by atoms with van der Waals surface area (Å²) >= 11 is 0. The maximum Gasteiger partial charge on any atom is 0.0615 e. The molecular formula is C19H36O. The average molecular weight is 280 g/mol. The van der Waals surface area contributed by atoms with Gasteiger partial charge in [0.25, 0.3) is 0 Å². The van der Waals surface area contributed by atoms with Gasteiger partial charge >= 0.3 is 0 Å². The molecule has 0 atom stereocenters. The van der Waals surface area contributed by atoms with Crippen molar-refractivity contribution in [2.24, 2.45) is 0 Å². The van der Waals surface area contributed by atoms with Crippen LogP contribution in [0.5, 0.6) is 0 Å². The average Bonchev–Trinajstić information content (AvgIpc) is 2.47. The van der Waals surface area contributed by atoms with Crippen LogP contribution in [0, 0.1) is 0 Å². The van der Waals surface area contributed by atoms with Gasteiger partial charge in [-0.25, -0.2) is 0 Å². The molecule has 1 N–H and O–H groups in total. The highest BCUT2D eigenvalue weighted by atomic mass is 16.2. The Labute approximate surface area is 127 Å². The highest BCUT2D eigenvalue weighted by Crippen LogP contribution is 2.12. The van der Waals surface area contributed by atoms with E-state index in [0.717, 1.165) is 0 Å². The van der Waals surface area contributed by atoms with Crippen LogP contribution in [0.3, 0.4) is 0 Å². The summed E-state index contributed by atoms with van der Waals surface area (Å²) in [6.45, 7) is 2.42. The van der Waals surface area contributed by atoms with Gasteiger partial charge in [0.15, 0.2) is 0 Å². The standard InChI is InChI=1S/C19H36O/c1-2-3-4-5-6-7-8-9-10-11-12-13-14-15-16-17-18-19-20/h15-18,20H,2-14,19H2,1H3/b16-15+,18-17+. The Morgan fingerprint density at radius 1 is 0.600 bits per heavy atom. The minimum atomic E-state index is 0.142. The highest BCUT2D eigenvalue weighted by Gasteiger charge is 1.92. The lowest BCUT2D eigenvalue weighted by atomic mass is 10.0. The fourth-order valence-corrected chi connectivity index (χ4v) is 2.42. The van der Waals surface area contributed by atoms with Gasteiger partial charge in [-0.15, -0.1) is 0 Å². The first-order chi connectivity index (χ1) is 9.91. The third-order valence-electron chi connectivity index (χ3n) is 3.71. The monoisotopic (exact) mass is 280 g/mol. The lowest BCUT2D eigenvalue weighted by Crippen LogP contribution is -1.82. The zero-order valence-corrected chi connectivity index (χ0v) is 13.7. The van der Waals surface area contributed by atoms with Crippen LogP contribution in [0.4, 0.5) is 0 Å². The number of hydrogen-bond acceptors (Lipinski definition) is 1. The molecule has 0 amide bonds. The molecule has 0 rings (SSSR count). The third kappa shape index (κ3) is 17.4. The molecule has 0 heterocycles. The smallest absolute Gasteiger partial charge is 0.0615 e. The number of allylic oxidation sites excluding steroid dienone is 3. The van der Waals surface area contributed by atoms with Crippen molar-refractivity contribution >= 4 is 0 Å². The molecular weight excluding hydrogens is 244 g/mol. The second kappa shape index (κ2) is 18.4. The quantitative estimate of drug-likeness (QED) is 0.280. The van der Waals surface area contributed by atoms with Gasteiger partial charge in [0.05, 0.1) is 6.61 Å². The third-order valence-corrected chi connectivity index (χ3v) is 3.71. The molecule has 0 unspecified atom stereocenters. The van der Waals surface area contributed by atoms with Crippen LogP contribution in [-0.2, 0) is 0 Å². The number of rotatable bonds is 15. The lowest BCUT2D eigenvalue weighted by Gasteiger charge is -2.02. The first-order valence-corrected chi connectivity index (χ1v) is 8.84. The minimum absolute atomic E-state index is 0.142. The van der Waals surface area contributed by atoms with Crippen LogP contribution in [0.1, 0.15) is 90.4 Å². The van der Waals surface area contributed by atoms with Gasteiger partial charge in [-0.1, -0.05) is 102 Å². The summed E-state index contributed by atoms with van der Waals surface area (Å²) in [5.74, 6) is 0. The van der Waals surface area contributed by atoms with Gasteiger partial charge in [0, 0.05) is 0 Å². The van der Waals surface area contributed by atoms with E-state index in [2.05, 4.69) is 13.0 Å². The van der Waals surface area contributed by atoms with E-state index in [0.29, 0.717) is 0 Å². The van der Waals surface area contributed by atoms with Gasteiger partial charge < -0.3 is 5.11 Å². The lowest BCUT2D eigenvalue weighted by molar-refractivity contribution is 0.343. The molecule has 0 bridgehead atoms. The molecule has 0 aliphatic rings. The van der Waals surface area contributed by atoms with E-state index in [-0.39, 0.29) is 6.61 Å². The maximum atomic E-state index is 8.56. The van der Waals surface area contributed by atoms with E-state index in [9.17, 15) is 0 Å². The molecule has 118 valence electrons. The second-order valence-electron chi connectivity index (χ2n) is 5.72. The molecule has 0 aromatic rings. The molecule has 0 saturated carbocycles. The van der Waals surface area contributed by atoms with Crippen molar-refractivity contribution in [3.8, 4) is 0 Å². The Morgan fingerprint density at radius 2 is 1.05 bits per heavy atom. The van der Waals surface area contributed by atoms with E-state index in [1.807, 2.05) is 12.2 Å². The Hall–Kier alpha value is -0.560. The van der Waals surface area contributed by atoms with Gasteiger partial charge in [0.2, 0.25) is 0 Å². The highest BCUT2D eigenvalue weighted by molar-refractivity contribution is 5.02. The summed E-state index contributed by atoms with van der Waals surface area (Å²) in [5, 5.41) is 8.56. The fourth-order valence-electron chi connectivity index (χ4n) is 2.42. The molecule has 0 aromatic heterocycles. The van der Waals surface area contributed by atoms with Crippen LogP contribution in [-0.4, -0.2) is 11.7 Å². The van der Waals surface area contributed by atoms with Crippen LogP contribution in [0.25, 0.3) is 0 Å². The van der Waals surface area contributed by atoms with E-state index in [1.165, 1.54) is 83.5 Å². The summed E-state index contributed by atoms with van der Waals surface area (Å²) in [7, 11) is 0. The zero-order chi connectivity index (χ0) is 14.7. The van der Waals surface area contributed by atoms with Crippen molar-refractivity contribution < 1.29 is 5.11 Å². The van der Waals surface area contributed by atoms with Gasteiger partial charge in [-0.3, -0.25) is 0 Å². The summed E-state index contributed by atoms with van der Waals surface area (Å²) in [6, 6.07) is 0. The van der Waals surface area contributed by atoms with Gasteiger partial charge in [-0.2, -0.15) is 0 Å². The van der Waals surface area contributed by atoms with Crippen molar-refractivity contribution in [2.45, 2.75) is 90.4 Å². The van der Waals surface area contributed by atoms with Gasteiger partial charge in [-0.05, 0) is 12.8 Å². The fraction of sp³-hybridized carbons (Fsp3) is 0.789. The molecule has 20 heavy (non-hydrogen) atoms. The molecule has 0 aliphatic heterocycles. The van der Waals surface area contributed by atoms with Crippen molar-refractivity contribution in [1.29, 1.82) is 0 Å². The Morgan fingerprint density at radius 3 is 1.55 bits per heavy atom. The summed E-state index contributed by atoms with van der Waals surface area (Å²) in [5.41, 5.74) is 0. The van der Waals surface area contributed by atoms with Crippen molar-refractivity contribution in [1.82, 2.24) is 0 Å². The minimum Gasteiger partial charge on any atom is -0.392 e. The van der Waals surface area contributed by atoms with Crippen LogP contribution in [0.2, 0.25) is 0 Å². The van der Waals surface area contributed by atoms with Crippen molar-refractivity contribution in [3.63, 3.8) is 0 Å². The zero-order valence-electron chi connectivity index (χ0n) is 13.7. The van der Waals surface area contributed by atoms with Gasteiger partial charge in [0.1, 0.15) is 0 Å². The second-order valence-corrected chi connectivity index (χ2v) is 5.72.